The smallest absolute Gasteiger partial charge is 0.0130 e. The van der Waals surface area contributed by atoms with Crippen LogP contribution in [-0.4, -0.2) is 12.6 Å². The molecule has 0 aliphatic carbocycles. The van der Waals surface area contributed by atoms with Gasteiger partial charge in [0.15, 0.2) is 0 Å². The lowest BCUT2D eigenvalue weighted by molar-refractivity contribution is 0.166. The average Bonchev–Trinajstić information content (AvgIpc) is 1.60. The Bertz CT molecular complexity index is 92.7. The molecule has 1 rings (SSSR count). The van der Waals surface area contributed by atoms with Crippen molar-refractivity contribution in [1.29, 1.82) is 0 Å². The Hall–Kier alpha value is -0.0400. The van der Waals surface area contributed by atoms with E-state index in [1.165, 1.54) is 19.4 Å². The van der Waals surface area contributed by atoms with Gasteiger partial charge in [-0.1, -0.05) is 20.8 Å². The number of hydrogen-bond acceptors (Lipinski definition) is 1. The van der Waals surface area contributed by atoms with Crippen LogP contribution >= 0.6 is 0 Å². The van der Waals surface area contributed by atoms with E-state index in [1.54, 1.807) is 0 Å². The summed E-state index contributed by atoms with van der Waals surface area (Å²) < 4.78 is 0. The molecule has 0 aromatic carbocycles. The molecule has 0 amide bonds. The van der Waals surface area contributed by atoms with E-state index in [1.807, 2.05) is 0 Å². The molecule has 1 saturated heterocycles. The minimum atomic E-state index is 0.526. The second-order valence-corrected chi connectivity index (χ2v) is 3.64. The normalized spacial score (nSPS) is 27.7. The molecule has 1 N–H and O–H groups in total. The number of hydrogen-bond donors (Lipinski definition) is 1. The molecule has 1 heteroatoms. The molecule has 1 aliphatic heterocycles. The fourth-order valence-corrected chi connectivity index (χ4v) is 1.20. The Labute approximate surface area is 57.8 Å². The van der Waals surface area contributed by atoms with Crippen molar-refractivity contribution in [1.82, 2.24) is 5.32 Å². The van der Waals surface area contributed by atoms with Crippen molar-refractivity contribution < 1.29 is 0 Å². The molecule has 1 unspecified atom stereocenters. The van der Waals surface area contributed by atoms with Crippen molar-refractivity contribution in [3.8, 4) is 0 Å². The maximum atomic E-state index is 3.44. The third kappa shape index (κ3) is 1.26. The van der Waals surface area contributed by atoms with E-state index in [-0.39, 0.29) is 0 Å². The molecule has 1 aliphatic rings. The van der Waals surface area contributed by atoms with E-state index in [0.29, 0.717) is 5.41 Å². The van der Waals surface area contributed by atoms with Gasteiger partial charge in [0, 0.05) is 6.04 Å². The van der Waals surface area contributed by atoms with Crippen LogP contribution in [0.3, 0.4) is 0 Å². The quantitative estimate of drug-likeness (QED) is 0.596. The van der Waals surface area contributed by atoms with Crippen LogP contribution in [0.2, 0.25) is 0 Å². The lowest BCUT2D eigenvalue weighted by Gasteiger charge is -2.40. The lowest BCUT2D eigenvalue weighted by Crippen LogP contribution is -2.51. The second-order valence-electron chi connectivity index (χ2n) is 3.64. The Morgan fingerprint density at radius 3 is 2.22 bits per heavy atom. The van der Waals surface area contributed by atoms with Crippen molar-refractivity contribution in [2.45, 2.75) is 39.7 Å². The summed E-state index contributed by atoms with van der Waals surface area (Å²) in [6.07, 6.45) is 2.66. The monoisotopic (exact) mass is 127 g/mol. The molecule has 9 heavy (non-hydrogen) atoms. The zero-order chi connectivity index (χ0) is 6.91. The summed E-state index contributed by atoms with van der Waals surface area (Å²) in [6.45, 7) is 8.17. The van der Waals surface area contributed by atoms with Gasteiger partial charge in [-0.05, 0) is 24.8 Å². The Morgan fingerprint density at radius 1 is 1.56 bits per heavy atom. The minimum Gasteiger partial charge on any atom is -0.313 e. The molecule has 0 saturated carbocycles. The summed E-state index contributed by atoms with van der Waals surface area (Å²) in [5, 5.41) is 3.44. The van der Waals surface area contributed by atoms with Crippen LogP contribution in [0.1, 0.15) is 33.6 Å². The lowest BCUT2D eigenvalue weighted by atomic mass is 9.77. The SMILES string of the molecule is CCC(C)(C)C1CCN1. The first-order chi connectivity index (χ1) is 4.17. The van der Waals surface area contributed by atoms with Crippen LogP contribution in [-0.2, 0) is 0 Å². The van der Waals surface area contributed by atoms with Crippen LogP contribution in [0.5, 0.6) is 0 Å². The van der Waals surface area contributed by atoms with Crippen molar-refractivity contribution in [2.75, 3.05) is 6.54 Å². The minimum absolute atomic E-state index is 0.526. The van der Waals surface area contributed by atoms with Gasteiger partial charge in [-0.3, -0.25) is 0 Å². The highest BCUT2D eigenvalue weighted by atomic mass is 15.0. The maximum Gasteiger partial charge on any atom is 0.0130 e. The third-order valence-electron chi connectivity index (χ3n) is 2.68. The first kappa shape index (κ1) is 7.07. The van der Waals surface area contributed by atoms with E-state index in [9.17, 15) is 0 Å². The molecule has 1 heterocycles. The summed E-state index contributed by atoms with van der Waals surface area (Å²) >= 11 is 0. The van der Waals surface area contributed by atoms with E-state index < -0.39 is 0 Å². The van der Waals surface area contributed by atoms with Crippen LogP contribution < -0.4 is 5.32 Å². The maximum absolute atomic E-state index is 3.44. The zero-order valence-corrected chi connectivity index (χ0v) is 6.70. The van der Waals surface area contributed by atoms with Gasteiger partial charge in [0.1, 0.15) is 0 Å². The van der Waals surface area contributed by atoms with Gasteiger partial charge < -0.3 is 5.32 Å². The van der Waals surface area contributed by atoms with Crippen LogP contribution in [0, 0.1) is 5.41 Å². The Balaban J connectivity index is 2.37. The van der Waals surface area contributed by atoms with Crippen molar-refractivity contribution in [3.05, 3.63) is 0 Å². The summed E-state index contributed by atoms with van der Waals surface area (Å²) in [5.41, 5.74) is 0.526. The van der Waals surface area contributed by atoms with Crippen molar-refractivity contribution >= 4 is 0 Å². The fraction of sp³-hybridized carbons (Fsp3) is 1.00. The van der Waals surface area contributed by atoms with Gasteiger partial charge in [-0.15, -0.1) is 0 Å². The standard InChI is InChI=1S/C8H17N/c1-4-8(2,3)7-5-6-9-7/h7,9H,4-6H2,1-3H3. The van der Waals surface area contributed by atoms with Crippen LogP contribution in [0.25, 0.3) is 0 Å². The van der Waals surface area contributed by atoms with E-state index in [4.69, 9.17) is 0 Å². The molecule has 0 radical (unpaired) electrons. The van der Waals surface area contributed by atoms with Gasteiger partial charge in [0.05, 0.1) is 0 Å². The van der Waals surface area contributed by atoms with E-state index in [2.05, 4.69) is 26.1 Å². The predicted octanol–water partition coefficient (Wildman–Crippen LogP) is 1.78. The molecule has 1 atom stereocenters. The van der Waals surface area contributed by atoms with Gasteiger partial charge in [-0.25, -0.2) is 0 Å². The molecular formula is C8H17N. The predicted molar refractivity (Wildman–Crippen MR) is 40.5 cm³/mol. The molecular weight excluding hydrogens is 110 g/mol. The molecule has 0 aromatic heterocycles. The van der Waals surface area contributed by atoms with Gasteiger partial charge in [-0.2, -0.15) is 0 Å². The largest absolute Gasteiger partial charge is 0.313 e. The Morgan fingerprint density at radius 2 is 2.11 bits per heavy atom. The third-order valence-corrected chi connectivity index (χ3v) is 2.68. The molecule has 54 valence electrons. The van der Waals surface area contributed by atoms with E-state index >= 15 is 0 Å². The van der Waals surface area contributed by atoms with Gasteiger partial charge >= 0.3 is 0 Å². The van der Waals surface area contributed by atoms with Gasteiger partial charge in [0.2, 0.25) is 0 Å². The topological polar surface area (TPSA) is 12.0 Å². The van der Waals surface area contributed by atoms with Crippen molar-refractivity contribution in [3.63, 3.8) is 0 Å². The first-order valence-electron chi connectivity index (χ1n) is 3.90. The highest BCUT2D eigenvalue weighted by Crippen LogP contribution is 2.29. The van der Waals surface area contributed by atoms with Crippen LogP contribution in [0.4, 0.5) is 0 Å². The molecule has 1 nitrogen and oxygen atoms in total. The summed E-state index contributed by atoms with van der Waals surface area (Å²) in [7, 11) is 0. The number of nitrogens with one attached hydrogen (secondary N) is 1. The summed E-state index contributed by atoms with van der Waals surface area (Å²) in [6, 6.07) is 0.794. The van der Waals surface area contributed by atoms with Crippen LogP contribution in [0.15, 0.2) is 0 Å². The second kappa shape index (κ2) is 2.30. The Kier molecular flexibility index (Phi) is 1.80. The zero-order valence-electron chi connectivity index (χ0n) is 6.70. The van der Waals surface area contributed by atoms with Crippen molar-refractivity contribution in [2.24, 2.45) is 5.41 Å². The van der Waals surface area contributed by atoms with E-state index in [0.717, 1.165) is 6.04 Å². The molecule has 0 aromatic rings. The van der Waals surface area contributed by atoms with Gasteiger partial charge in [0.25, 0.3) is 0 Å². The molecule has 1 fully saturated rings. The molecule has 0 spiro atoms. The first-order valence-corrected chi connectivity index (χ1v) is 3.90. The molecule has 0 bridgehead atoms. The average molecular weight is 127 g/mol. The number of rotatable bonds is 2. The fourth-order valence-electron chi connectivity index (χ4n) is 1.20. The highest BCUT2D eigenvalue weighted by molar-refractivity contribution is 4.89. The summed E-state index contributed by atoms with van der Waals surface area (Å²) in [4.78, 5) is 0. The summed E-state index contributed by atoms with van der Waals surface area (Å²) in [5.74, 6) is 0. The highest BCUT2D eigenvalue weighted by Gasteiger charge is 2.31.